The van der Waals surface area contributed by atoms with Crippen LogP contribution in [0.1, 0.15) is 12.0 Å². The van der Waals surface area contributed by atoms with Crippen LogP contribution < -0.4 is 9.47 Å². The van der Waals surface area contributed by atoms with Crippen LogP contribution in [0.2, 0.25) is 0 Å². The number of imidazole rings is 1. The van der Waals surface area contributed by atoms with Gasteiger partial charge in [0.05, 0.1) is 24.4 Å². The van der Waals surface area contributed by atoms with Crippen LogP contribution in [0.25, 0.3) is 11.8 Å². The number of ether oxygens (including phenoxy) is 2. The normalized spacial score (nSPS) is 16.9. The standard InChI is InChI=1S/C25H26N4O5S/c30-25(9-4-20-2-5-21(6-3-20)28-11-10-26-19-28)27-12-14-29(15-13-27)35(31,32)22-7-8-23-24(18-22)34-17-1-16-33-23/h2-11,18-19H,1,12-17H2/b9-4+. The Bertz CT molecular complexity index is 1310. The van der Waals surface area contributed by atoms with Crippen LogP contribution in [0.3, 0.4) is 0 Å². The van der Waals surface area contributed by atoms with Crippen molar-refractivity contribution in [2.75, 3.05) is 39.4 Å². The molecule has 0 aliphatic carbocycles. The maximum atomic E-state index is 13.2. The summed E-state index contributed by atoms with van der Waals surface area (Å²) < 4.78 is 40.9. The Labute approximate surface area is 204 Å². The molecule has 9 nitrogen and oxygen atoms in total. The van der Waals surface area contributed by atoms with E-state index in [1.807, 2.05) is 35.0 Å². The zero-order chi connectivity index (χ0) is 24.3. The van der Waals surface area contributed by atoms with E-state index in [2.05, 4.69) is 4.98 Å². The van der Waals surface area contributed by atoms with Gasteiger partial charge in [0.1, 0.15) is 0 Å². The van der Waals surface area contributed by atoms with Gasteiger partial charge in [0, 0.05) is 62.8 Å². The number of carbonyl (C=O) groups excluding carboxylic acids is 1. The average Bonchev–Trinajstić information content (AvgIpc) is 3.33. The molecular formula is C25H26N4O5S. The number of hydrogen-bond donors (Lipinski definition) is 0. The summed E-state index contributed by atoms with van der Waals surface area (Å²) >= 11 is 0. The quantitative estimate of drug-likeness (QED) is 0.506. The van der Waals surface area contributed by atoms with E-state index in [1.54, 1.807) is 35.6 Å². The molecule has 0 atom stereocenters. The molecule has 2 aromatic carbocycles. The molecule has 0 saturated carbocycles. The number of sulfonamides is 1. The van der Waals surface area contributed by atoms with Gasteiger partial charge < -0.3 is 18.9 Å². The zero-order valence-electron chi connectivity index (χ0n) is 19.1. The number of amides is 1. The lowest BCUT2D eigenvalue weighted by Crippen LogP contribution is -2.50. The number of carbonyl (C=O) groups is 1. The molecule has 5 rings (SSSR count). The van der Waals surface area contributed by atoms with Crippen molar-refractivity contribution < 1.29 is 22.7 Å². The molecule has 10 heteroatoms. The maximum absolute atomic E-state index is 13.2. The lowest BCUT2D eigenvalue weighted by atomic mass is 10.2. The molecule has 182 valence electrons. The maximum Gasteiger partial charge on any atom is 0.246 e. The first-order valence-corrected chi connectivity index (χ1v) is 12.9. The second kappa shape index (κ2) is 9.93. The lowest BCUT2D eigenvalue weighted by molar-refractivity contribution is -0.127. The first kappa shape index (κ1) is 23.1. The molecular weight excluding hydrogens is 468 g/mol. The third-order valence-electron chi connectivity index (χ3n) is 6.02. The Kier molecular flexibility index (Phi) is 6.56. The van der Waals surface area contributed by atoms with Crippen molar-refractivity contribution in [3.63, 3.8) is 0 Å². The van der Waals surface area contributed by atoms with Crippen LogP contribution >= 0.6 is 0 Å². The minimum Gasteiger partial charge on any atom is -0.490 e. The highest BCUT2D eigenvalue weighted by atomic mass is 32.2. The van der Waals surface area contributed by atoms with Gasteiger partial charge in [0.2, 0.25) is 15.9 Å². The van der Waals surface area contributed by atoms with Gasteiger partial charge in [0.15, 0.2) is 11.5 Å². The molecule has 1 saturated heterocycles. The van der Waals surface area contributed by atoms with E-state index in [-0.39, 0.29) is 23.9 Å². The summed E-state index contributed by atoms with van der Waals surface area (Å²) in [6, 6.07) is 12.5. The van der Waals surface area contributed by atoms with Crippen LogP contribution in [0.5, 0.6) is 11.5 Å². The Morgan fingerprint density at radius 1 is 0.943 bits per heavy atom. The van der Waals surface area contributed by atoms with Gasteiger partial charge in [0.25, 0.3) is 0 Å². The van der Waals surface area contributed by atoms with E-state index < -0.39 is 10.0 Å². The second-order valence-electron chi connectivity index (χ2n) is 8.28. The second-order valence-corrected chi connectivity index (χ2v) is 10.2. The number of piperazine rings is 1. The van der Waals surface area contributed by atoms with Crippen molar-refractivity contribution in [2.45, 2.75) is 11.3 Å². The number of nitrogens with zero attached hydrogens (tertiary/aromatic N) is 4. The molecule has 1 fully saturated rings. The predicted molar refractivity (Wildman–Crippen MR) is 130 cm³/mol. The van der Waals surface area contributed by atoms with Crippen molar-refractivity contribution in [1.82, 2.24) is 18.8 Å². The van der Waals surface area contributed by atoms with Crippen LogP contribution in [0, 0.1) is 0 Å². The van der Waals surface area contributed by atoms with Crippen LogP contribution in [0.15, 0.2) is 72.2 Å². The smallest absolute Gasteiger partial charge is 0.246 e. The summed E-state index contributed by atoms with van der Waals surface area (Å²) in [4.78, 5) is 18.5. The number of fused-ring (bicyclic) bond motifs is 1. The van der Waals surface area contributed by atoms with Crippen LogP contribution in [-0.2, 0) is 14.8 Å². The molecule has 0 spiro atoms. The number of rotatable bonds is 5. The average molecular weight is 495 g/mol. The summed E-state index contributed by atoms with van der Waals surface area (Å²) in [5.41, 5.74) is 1.88. The highest BCUT2D eigenvalue weighted by Gasteiger charge is 2.30. The van der Waals surface area contributed by atoms with E-state index in [4.69, 9.17) is 9.47 Å². The highest BCUT2D eigenvalue weighted by molar-refractivity contribution is 7.89. The summed E-state index contributed by atoms with van der Waals surface area (Å²) in [7, 11) is -3.70. The van der Waals surface area contributed by atoms with E-state index in [0.29, 0.717) is 37.8 Å². The fourth-order valence-electron chi connectivity index (χ4n) is 4.04. The summed E-state index contributed by atoms with van der Waals surface area (Å²) in [5.74, 6) is 0.858. The molecule has 2 aliphatic rings. The van der Waals surface area contributed by atoms with Gasteiger partial charge in [-0.2, -0.15) is 4.31 Å². The molecule has 3 aromatic rings. The van der Waals surface area contributed by atoms with E-state index >= 15 is 0 Å². The van der Waals surface area contributed by atoms with Gasteiger partial charge in [-0.15, -0.1) is 0 Å². The van der Waals surface area contributed by atoms with Crippen LogP contribution in [0.4, 0.5) is 0 Å². The third kappa shape index (κ3) is 5.08. The summed E-state index contributed by atoms with van der Waals surface area (Å²) in [6.45, 7) is 2.14. The van der Waals surface area contributed by atoms with Gasteiger partial charge >= 0.3 is 0 Å². The number of aromatic nitrogens is 2. The Hall–Kier alpha value is -3.63. The SMILES string of the molecule is O=C(/C=C/c1ccc(-n2ccnc2)cc1)N1CCN(S(=O)(=O)c2ccc3c(c2)OCCCO3)CC1. The highest BCUT2D eigenvalue weighted by Crippen LogP contribution is 2.33. The molecule has 1 amide bonds. The molecule has 2 aliphatic heterocycles. The Morgan fingerprint density at radius 3 is 2.40 bits per heavy atom. The lowest BCUT2D eigenvalue weighted by Gasteiger charge is -2.33. The summed E-state index contributed by atoms with van der Waals surface area (Å²) in [6.07, 6.45) is 9.35. The largest absolute Gasteiger partial charge is 0.490 e. The van der Waals surface area contributed by atoms with Gasteiger partial charge in [-0.05, 0) is 35.9 Å². The van der Waals surface area contributed by atoms with Gasteiger partial charge in [-0.25, -0.2) is 13.4 Å². The number of benzene rings is 2. The van der Waals surface area contributed by atoms with Gasteiger partial charge in [-0.3, -0.25) is 4.79 Å². The first-order valence-electron chi connectivity index (χ1n) is 11.5. The fraction of sp³-hybridized carbons (Fsp3) is 0.280. The van der Waals surface area contributed by atoms with Crippen molar-refractivity contribution >= 4 is 22.0 Å². The third-order valence-corrected chi connectivity index (χ3v) is 7.92. The summed E-state index contributed by atoms with van der Waals surface area (Å²) in [5, 5.41) is 0. The molecule has 0 N–H and O–H groups in total. The Balaban J connectivity index is 1.19. The van der Waals surface area contributed by atoms with Crippen molar-refractivity contribution in [3.8, 4) is 17.2 Å². The molecule has 3 heterocycles. The van der Waals surface area contributed by atoms with Gasteiger partial charge in [-0.1, -0.05) is 12.1 Å². The van der Waals surface area contributed by atoms with E-state index in [9.17, 15) is 13.2 Å². The van der Waals surface area contributed by atoms with Crippen molar-refractivity contribution in [2.24, 2.45) is 0 Å². The monoisotopic (exact) mass is 494 g/mol. The molecule has 0 radical (unpaired) electrons. The minimum absolute atomic E-state index is 0.142. The van der Waals surface area contributed by atoms with E-state index in [0.717, 1.165) is 17.7 Å². The fourth-order valence-corrected chi connectivity index (χ4v) is 5.48. The topological polar surface area (TPSA) is 94.0 Å². The molecule has 0 bridgehead atoms. The first-order chi connectivity index (χ1) is 17.0. The van der Waals surface area contributed by atoms with E-state index in [1.165, 1.54) is 16.4 Å². The Morgan fingerprint density at radius 2 is 1.69 bits per heavy atom. The van der Waals surface area contributed by atoms with Crippen molar-refractivity contribution in [3.05, 3.63) is 72.8 Å². The number of hydrogen-bond acceptors (Lipinski definition) is 6. The molecule has 35 heavy (non-hydrogen) atoms. The minimum atomic E-state index is -3.70. The molecule has 0 unspecified atom stereocenters. The molecule has 1 aromatic heterocycles. The zero-order valence-corrected chi connectivity index (χ0v) is 19.9. The van der Waals surface area contributed by atoms with Crippen molar-refractivity contribution in [1.29, 1.82) is 0 Å². The van der Waals surface area contributed by atoms with Crippen LogP contribution in [-0.4, -0.2) is 72.5 Å². The predicted octanol–water partition coefficient (Wildman–Crippen LogP) is 2.58.